The quantitative estimate of drug-likeness (QED) is 0.674. The third-order valence-electron chi connectivity index (χ3n) is 5.36. The lowest BCUT2D eigenvalue weighted by Crippen LogP contribution is -2.54. The van der Waals surface area contributed by atoms with Crippen LogP contribution in [-0.2, 0) is 9.59 Å². The Morgan fingerprint density at radius 3 is 2.63 bits per heavy atom. The van der Waals surface area contributed by atoms with E-state index in [4.69, 9.17) is 0 Å². The lowest BCUT2D eigenvalue weighted by atomic mass is 10.0. The number of hydrogen-bond acceptors (Lipinski definition) is 6. The second kappa shape index (κ2) is 7.11. The molecule has 3 aliphatic rings. The van der Waals surface area contributed by atoms with Crippen LogP contribution in [0.1, 0.15) is 52.8 Å². The van der Waals surface area contributed by atoms with Crippen molar-refractivity contribution in [2.75, 3.05) is 18.4 Å². The third-order valence-corrected chi connectivity index (χ3v) is 5.36. The molecule has 0 bridgehead atoms. The first-order valence-corrected chi connectivity index (χ1v) is 9.37. The number of nitrogens with one attached hydrogen (secondary N) is 3. The van der Waals surface area contributed by atoms with Crippen LogP contribution in [0.3, 0.4) is 0 Å². The maximum absolute atomic E-state index is 12.8. The number of amides is 4. The fourth-order valence-electron chi connectivity index (χ4n) is 3.94. The number of carbonyl (C=O) groups is 4. The van der Waals surface area contributed by atoms with Gasteiger partial charge in [-0.05, 0) is 44.0 Å². The second-order valence-corrected chi connectivity index (χ2v) is 7.25. The van der Waals surface area contributed by atoms with E-state index in [2.05, 4.69) is 16.0 Å². The van der Waals surface area contributed by atoms with Crippen molar-refractivity contribution < 1.29 is 19.2 Å². The zero-order valence-corrected chi connectivity index (χ0v) is 14.9. The number of fused-ring (bicyclic) bond motifs is 1. The molecule has 3 N–H and O–H groups in total. The summed E-state index contributed by atoms with van der Waals surface area (Å²) in [6.07, 6.45) is 3.60. The van der Waals surface area contributed by atoms with Gasteiger partial charge in [-0.15, -0.1) is 0 Å². The molecule has 3 heterocycles. The molecule has 2 fully saturated rings. The molecule has 2 saturated heterocycles. The minimum atomic E-state index is -0.933. The summed E-state index contributed by atoms with van der Waals surface area (Å²) in [7, 11) is 0. The summed E-state index contributed by atoms with van der Waals surface area (Å²) in [5.41, 5.74) is 1.39. The molecular weight excluding hydrogens is 348 g/mol. The van der Waals surface area contributed by atoms with Gasteiger partial charge in [-0.1, -0.05) is 6.42 Å². The van der Waals surface area contributed by atoms with Gasteiger partial charge in [0, 0.05) is 24.7 Å². The number of nitrogens with zero attached hydrogens (tertiary/aromatic N) is 1. The summed E-state index contributed by atoms with van der Waals surface area (Å²) < 4.78 is 0. The van der Waals surface area contributed by atoms with Crippen LogP contribution in [0.25, 0.3) is 0 Å². The van der Waals surface area contributed by atoms with Crippen molar-refractivity contribution in [1.82, 2.24) is 15.5 Å². The molecule has 4 amide bonds. The number of imide groups is 2. The zero-order valence-electron chi connectivity index (χ0n) is 14.9. The molecule has 1 aromatic carbocycles. The van der Waals surface area contributed by atoms with E-state index in [9.17, 15) is 19.2 Å². The number of anilines is 1. The Kier molecular flexibility index (Phi) is 4.65. The van der Waals surface area contributed by atoms with Gasteiger partial charge in [0.05, 0.1) is 11.1 Å². The van der Waals surface area contributed by atoms with E-state index in [0.717, 1.165) is 42.9 Å². The minimum Gasteiger partial charge on any atom is -0.381 e. The maximum Gasteiger partial charge on any atom is 0.262 e. The molecule has 0 aliphatic carbocycles. The SMILES string of the molecule is O=C1CCC(N2C(=O)c3ccc(NC4CCCCNC4)cc3C2=O)C(=O)N1. The van der Waals surface area contributed by atoms with Gasteiger partial charge in [0.1, 0.15) is 6.04 Å². The van der Waals surface area contributed by atoms with Gasteiger partial charge in [-0.3, -0.25) is 29.4 Å². The average molecular weight is 370 g/mol. The first-order valence-electron chi connectivity index (χ1n) is 9.37. The van der Waals surface area contributed by atoms with E-state index >= 15 is 0 Å². The monoisotopic (exact) mass is 370 g/mol. The molecule has 142 valence electrons. The largest absolute Gasteiger partial charge is 0.381 e. The molecular formula is C19H22N4O4. The van der Waals surface area contributed by atoms with Gasteiger partial charge in [0.2, 0.25) is 11.8 Å². The summed E-state index contributed by atoms with van der Waals surface area (Å²) in [5, 5.41) is 9.01. The maximum atomic E-state index is 12.8. The Morgan fingerprint density at radius 2 is 1.81 bits per heavy atom. The summed E-state index contributed by atoms with van der Waals surface area (Å²) in [6, 6.07) is 4.45. The van der Waals surface area contributed by atoms with Crippen LogP contribution in [0.2, 0.25) is 0 Å². The van der Waals surface area contributed by atoms with Crippen LogP contribution in [0.15, 0.2) is 18.2 Å². The fraction of sp³-hybridized carbons (Fsp3) is 0.474. The topological polar surface area (TPSA) is 108 Å². The van der Waals surface area contributed by atoms with Crippen molar-refractivity contribution >= 4 is 29.3 Å². The number of benzene rings is 1. The first-order chi connectivity index (χ1) is 13.0. The summed E-state index contributed by atoms with van der Waals surface area (Å²) in [4.78, 5) is 50.0. The van der Waals surface area contributed by atoms with Gasteiger partial charge < -0.3 is 10.6 Å². The lowest BCUT2D eigenvalue weighted by Gasteiger charge is -2.27. The van der Waals surface area contributed by atoms with Crippen molar-refractivity contribution in [3.8, 4) is 0 Å². The lowest BCUT2D eigenvalue weighted by molar-refractivity contribution is -0.136. The highest BCUT2D eigenvalue weighted by Gasteiger charge is 2.44. The van der Waals surface area contributed by atoms with Crippen LogP contribution in [0.4, 0.5) is 5.69 Å². The van der Waals surface area contributed by atoms with Gasteiger partial charge >= 0.3 is 0 Å². The van der Waals surface area contributed by atoms with Crippen molar-refractivity contribution in [3.05, 3.63) is 29.3 Å². The third kappa shape index (κ3) is 3.32. The zero-order chi connectivity index (χ0) is 19.0. The Hall–Kier alpha value is -2.74. The number of carbonyl (C=O) groups excluding carboxylic acids is 4. The minimum absolute atomic E-state index is 0.116. The molecule has 2 unspecified atom stereocenters. The van der Waals surface area contributed by atoms with E-state index in [0.29, 0.717) is 11.1 Å². The molecule has 3 aliphatic heterocycles. The van der Waals surface area contributed by atoms with Crippen molar-refractivity contribution in [3.63, 3.8) is 0 Å². The van der Waals surface area contributed by atoms with Crippen LogP contribution in [-0.4, -0.2) is 53.7 Å². The predicted octanol–water partition coefficient (Wildman–Crippen LogP) is 0.642. The Labute approximate surface area is 156 Å². The normalized spacial score (nSPS) is 25.9. The standard InChI is InChI=1S/C19H22N4O4/c24-16-7-6-15(17(25)22-16)23-18(26)13-5-4-11(9-14(13)19(23)27)21-12-3-1-2-8-20-10-12/h4-5,9,12,15,20-21H,1-3,6-8,10H2,(H,22,24,25). The molecule has 1 aromatic rings. The first kappa shape index (κ1) is 17.7. The van der Waals surface area contributed by atoms with E-state index < -0.39 is 23.8 Å². The highest BCUT2D eigenvalue weighted by Crippen LogP contribution is 2.30. The summed E-state index contributed by atoms with van der Waals surface area (Å²) in [6.45, 7) is 1.86. The predicted molar refractivity (Wildman–Crippen MR) is 97.2 cm³/mol. The van der Waals surface area contributed by atoms with E-state index in [1.165, 1.54) is 0 Å². The van der Waals surface area contributed by atoms with Gasteiger partial charge in [-0.2, -0.15) is 0 Å². The molecule has 8 nitrogen and oxygen atoms in total. The van der Waals surface area contributed by atoms with E-state index in [1.54, 1.807) is 18.2 Å². The molecule has 27 heavy (non-hydrogen) atoms. The number of piperidine rings is 1. The van der Waals surface area contributed by atoms with Crippen molar-refractivity contribution in [2.24, 2.45) is 0 Å². The highest BCUT2D eigenvalue weighted by molar-refractivity contribution is 6.23. The molecule has 2 atom stereocenters. The molecule has 0 spiro atoms. The smallest absolute Gasteiger partial charge is 0.262 e. The molecule has 4 rings (SSSR count). The van der Waals surface area contributed by atoms with Crippen LogP contribution < -0.4 is 16.0 Å². The highest BCUT2D eigenvalue weighted by atomic mass is 16.2. The second-order valence-electron chi connectivity index (χ2n) is 7.25. The van der Waals surface area contributed by atoms with Crippen molar-refractivity contribution in [1.29, 1.82) is 0 Å². The number of rotatable bonds is 3. The van der Waals surface area contributed by atoms with E-state index in [1.807, 2.05) is 0 Å². The fourth-order valence-corrected chi connectivity index (χ4v) is 3.94. The van der Waals surface area contributed by atoms with Crippen LogP contribution in [0.5, 0.6) is 0 Å². The number of hydrogen-bond donors (Lipinski definition) is 3. The summed E-state index contributed by atoms with van der Waals surface area (Å²) in [5.74, 6) is -1.93. The Balaban J connectivity index is 1.54. The van der Waals surface area contributed by atoms with Crippen LogP contribution >= 0.6 is 0 Å². The molecule has 0 radical (unpaired) electrons. The Morgan fingerprint density at radius 1 is 1.00 bits per heavy atom. The Bertz CT molecular complexity index is 814. The van der Waals surface area contributed by atoms with Crippen molar-refractivity contribution in [2.45, 2.75) is 44.2 Å². The van der Waals surface area contributed by atoms with E-state index in [-0.39, 0.29) is 24.8 Å². The van der Waals surface area contributed by atoms with Gasteiger partial charge in [0.25, 0.3) is 11.8 Å². The van der Waals surface area contributed by atoms with Gasteiger partial charge in [0.15, 0.2) is 0 Å². The van der Waals surface area contributed by atoms with Crippen LogP contribution in [0, 0.1) is 0 Å². The molecule has 8 heteroatoms. The average Bonchev–Trinajstić information content (AvgIpc) is 2.82. The summed E-state index contributed by atoms with van der Waals surface area (Å²) >= 11 is 0. The molecule has 0 saturated carbocycles. The van der Waals surface area contributed by atoms with Gasteiger partial charge in [-0.25, -0.2) is 0 Å². The molecule has 0 aromatic heterocycles.